The summed E-state index contributed by atoms with van der Waals surface area (Å²) < 4.78 is 42.4. The van der Waals surface area contributed by atoms with Gasteiger partial charge in [0.15, 0.2) is 0 Å². The van der Waals surface area contributed by atoms with Gasteiger partial charge < -0.3 is 14.3 Å². The molecule has 0 aliphatic carbocycles. The molecule has 1 aliphatic rings. The van der Waals surface area contributed by atoms with Crippen molar-refractivity contribution in [3.63, 3.8) is 0 Å². The lowest BCUT2D eigenvalue weighted by Gasteiger charge is -2.36. The van der Waals surface area contributed by atoms with Gasteiger partial charge in [-0.15, -0.1) is 0 Å². The molecule has 0 atom stereocenters. The van der Waals surface area contributed by atoms with Crippen LogP contribution in [0.5, 0.6) is 0 Å². The first-order valence-electron chi connectivity index (χ1n) is 11.9. The van der Waals surface area contributed by atoms with E-state index < -0.39 is 12.1 Å². The Morgan fingerprint density at radius 3 is 2.03 bits per heavy atom. The number of rotatable bonds is 6. The summed E-state index contributed by atoms with van der Waals surface area (Å²) in [5.41, 5.74) is 2.53. The van der Waals surface area contributed by atoms with E-state index in [0.29, 0.717) is 44.0 Å². The van der Waals surface area contributed by atoms with Crippen LogP contribution in [0.1, 0.15) is 29.4 Å². The number of benzene rings is 2. The molecule has 1 amide bonds. The molecular weight excluding hydrogens is 483 g/mol. The number of pyridine rings is 1. The third-order valence-corrected chi connectivity index (χ3v) is 6.41. The first kappa shape index (κ1) is 24.5. The van der Waals surface area contributed by atoms with Crippen molar-refractivity contribution >= 4 is 11.7 Å². The van der Waals surface area contributed by atoms with Crippen LogP contribution in [-0.2, 0) is 11.0 Å². The van der Waals surface area contributed by atoms with Crippen LogP contribution in [-0.4, -0.2) is 52.1 Å². The molecule has 5 rings (SSSR count). The minimum absolute atomic E-state index is 0.0230. The summed E-state index contributed by atoms with van der Waals surface area (Å²) in [7, 11) is 0. The third kappa shape index (κ3) is 5.63. The average Bonchev–Trinajstić information content (AvgIpc) is 3.44. The molecule has 7 nitrogen and oxygen atoms in total. The monoisotopic (exact) mass is 507 g/mol. The molecule has 0 bridgehead atoms. The van der Waals surface area contributed by atoms with Crippen LogP contribution in [0.4, 0.5) is 19.0 Å². The topological polar surface area (TPSA) is 75.4 Å². The largest absolute Gasteiger partial charge is 0.471 e. The van der Waals surface area contributed by atoms with Gasteiger partial charge >= 0.3 is 12.1 Å². The molecule has 0 N–H and O–H groups in total. The van der Waals surface area contributed by atoms with Crippen molar-refractivity contribution in [2.24, 2.45) is 0 Å². The number of anilines is 1. The molecular formula is C27H24F3N5O2. The minimum atomic E-state index is -4.70. The molecule has 3 heterocycles. The van der Waals surface area contributed by atoms with E-state index in [4.69, 9.17) is 0 Å². The van der Waals surface area contributed by atoms with Crippen LogP contribution < -0.4 is 4.90 Å². The Bertz CT molecular complexity index is 1280. The Labute approximate surface area is 211 Å². The van der Waals surface area contributed by atoms with Gasteiger partial charge in [0.05, 0.1) is 0 Å². The molecule has 4 aromatic rings. The van der Waals surface area contributed by atoms with E-state index in [0.717, 1.165) is 11.1 Å². The number of carbonyl (C=O) groups is 1. The number of amides is 1. The molecule has 1 fully saturated rings. The zero-order valence-electron chi connectivity index (χ0n) is 19.8. The van der Waals surface area contributed by atoms with Crippen LogP contribution in [0.15, 0.2) is 83.5 Å². The number of carbonyl (C=O) groups excluding carboxylic acids is 1. The van der Waals surface area contributed by atoms with Gasteiger partial charge in [0, 0.05) is 50.3 Å². The zero-order valence-corrected chi connectivity index (χ0v) is 19.8. The average molecular weight is 508 g/mol. The lowest BCUT2D eigenvalue weighted by Crippen LogP contribution is -2.49. The summed E-state index contributed by atoms with van der Waals surface area (Å²) in [5.74, 6) is -0.826. The standard InChI is InChI=1S/C27H24F3N5O2/c28-27(29,30)26-32-25(33-37-26)21-11-12-23(31-18-21)34-13-15-35(16-14-34)24(36)17-22(19-7-3-1-4-8-19)20-9-5-2-6-10-20/h1-12,18,22H,13-17H2. The van der Waals surface area contributed by atoms with Crippen molar-refractivity contribution in [2.45, 2.75) is 18.5 Å². The van der Waals surface area contributed by atoms with Crippen molar-refractivity contribution in [3.05, 3.63) is 96.0 Å². The summed E-state index contributed by atoms with van der Waals surface area (Å²) in [5, 5.41) is 3.39. The predicted molar refractivity (Wildman–Crippen MR) is 131 cm³/mol. The Morgan fingerprint density at radius 1 is 0.892 bits per heavy atom. The van der Waals surface area contributed by atoms with Gasteiger partial charge in [0.1, 0.15) is 5.82 Å². The first-order valence-corrected chi connectivity index (χ1v) is 11.9. The quantitative estimate of drug-likeness (QED) is 0.365. The second kappa shape index (κ2) is 10.4. The van der Waals surface area contributed by atoms with E-state index in [1.54, 1.807) is 12.1 Å². The van der Waals surface area contributed by atoms with Crippen LogP contribution in [0.2, 0.25) is 0 Å². The van der Waals surface area contributed by atoms with Crippen LogP contribution in [0.3, 0.4) is 0 Å². The Balaban J connectivity index is 1.21. The Kier molecular flexibility index (Phi) is 6.89. The van der Waals surface area contributed by atoms with Gasteiger partial charge in [-0.3, -0.25) is 4.79 Å². The van der Waals surface area contributed by atoms with Gasteiger partial charge in [0.25, 0.3) is 0 Å². The molecule has 0 radical (unpaired) electrons. The molecule has 2 aromatic heterocycles. The van der Waals surface area contributed by atoms with E-state index in [1.807, 2.05) is 46.2 Å². The summed E-state index contributed by atoms with van der Waals surface area (Å²) in [4.78, 5) is 24.9. The molecule has 0 spiro atoms. The Hall–Kier alpha value is -4.21. The number of hydrogen-bond donors (Lipinski definition) is 0. The van der Waals surface area contributed by atoms with Crippen molar-refractivity contribution in [1.29, 1.82) is 0 Å². The van der Waals surface area contributed by atoms with Crippen molar-refractivity contribution < 1.29 is 22.5 Å². The summed E-state index contributed by atoms with van der Waals surface area (Å²) in [6.07, 6.45) is -2.90. The highest BCUT2D eigenvalue weighted by Gasteiger charge is 2.38. The second-order valence-corrected chi connectivity index (χ2v) is 8.77. The van der Waals surface area contributed by atoms with E-state index in [1.165, 1.54) is 6.20 Å². The van der Waals surface area contributed by atoms with Crippen LogP contribution >= 0.6 is 0 Å². The molecule has 0 saturated carbocycles. The van der Waals surface area contributed by atoms with Crippen molar-refractivity contribution in [1.82, 2.24) is 20.0 Å². The zero-order chi connectivity index (χ0) is 25.8. The molecule has 1 saturated heterocycles. The number of nitrogens with zero attached hydrogens (tertiary/aromatic N) is 5. The maximum Gasteiger partial charge on any atom is 0.471 e. The van der Waals surface area contributed by atoms with Gasteiger partial charge in [-0.2, -0.15) is 18.2 Å². The van der Waals surface area contributed by atoms with Gasteiger partial charge in [-0.25, -0.2) is 4.98 Å². The summed E-state index contributed by atoms with van der Waals surface area (Å²) >= 11 is 0. The van der Waals surface area contributed by atoms with Crippen molar-refractivity contribution in [2.75, 3.05) is 31.1 Å². The van der Waals surface area contributed by atoms with Gasteiger partial charge in [-0.1, -0.05) is 65.8 Å². The lowest BCUT2D eigenvalue weighted by molar-refractivity contribution is -0.159. The SMILES string of the molecule is O=C(CC(c1ccccc1)c1ccccc1)N1CCN(c2ccc(-c3noc(C(F)(F)F)n3)cn2)CC1. The fourth-order valence-electron chi connectivity index (χ4n) is 4.45. The second-order valence-electron chi connectivity index (χ2n) is 8.77. The fraction of sp³-hybridized carbons (Fsp3) is 0.259. The highest BCUT2D eigenvalue weighted by Crippen LogP contribution is 2.30. The lowest BCUT2D eigenvalue weighted by atomic mass is 9.88. The molecule has 1 aliphatic heterocycles. The smallest absolute Gasteiger partial charge is 0.353 e. The first-order chi connectivity index (χ1) is 17.9. The Morgan fingerprint density at radius 2 is 1.51 bits per heavy atom. The number of alkyl halides is 3. The normalized spacial score (nSPS) is 14.3. The molecule has 0 unspecified atom stereocenters. The number of aromatic nitrogens is 3. The maximum absolute atomic E-state index is 13.3. The van der Waals surface area contributed by atoms with E-state index in [2.05, 4.69) is 43.9 Å². The van der Waals surface area contributed by atoms with Gasteiger partial charge in [-0.05, 0) is 23.3 Å². The fourth-order valence-corrected chi connectivity index (χ4v) is 4.45. The van der Waals surface area contributed by atoms with Crippen LogP contribution in [0, 0.1) is 0 Å². The summed E-state index contributed by atoms with van der Waals surface area (Å²) in [6, 6.07) is 23.4. The molecule has 10 heteroatoms. The van der Waals surface area contributed by atoms with E-state index in [9.17, 15) is 18.0 Å². The van der Waals surface area contributed by atoms with Crippen LogP contribution in [0.25, 0.3) is 11.4 Å². The number of piperazine rings is 1. The highest BCUT2D eigenvalue weighted by atomic mass is 19.4. The molecule has 2 aromatic carbocycles. The highest BCUT2D eigenvalue weighted by molar-refractivity contribution is 5.78. The van der Waals surface area contributed by atoms with E-state index in [-0.39, 0.29) is 17.6 Å². The summed E-state index contributed by atoms with van der Waals surface area (Å²) in [6.45, 7) is 2.30. The third-order valence-electron chi connectivity index (χ3n) is 6.41. The number of hydrogen-bond acceptors (Lipinski definition) is 6. The molecule has 37 heavy (non-hydrogen) atoms. The number of halogens is 3. The molecule has 190 valence electrons. The van der Waals surface area contributed by atoms with E-state index >= 15 is 0 Å². The maximum atomic E-state index is 13.3. The minimum Gasteiger partial charge on any atom is -0.353 e. The predicted octanol–water partition coefficient (Wildman–Crippen LogP) is 5.02. The van der Waals surface area contributed by atoms with Crippen molar-refractivity contribution in [3.8, 4) is 11.4 Å². The van der Waals surface area contributed by atoms with Gasteiger partial charge in [0.2, 0.25) is 11.7 Å².